The molecule has 0 unspecified atom stereocenters. The van der Waals surface area contributed by atoms with Crippen LogP contribution >= 0.6 is 0 Å². The Morgan fingerprint density at radius 1 is 0.636 bits per heavy atom. The highest BCUT2D eigenvalue weighted by Crippen LogP contribution is 2.89. The van der Waals surface area contributed by atoms with Gasteiger partial charge < -0.3 is 29.7 Å². The molecule has 2 aliphatic heterocycles. The van der Waals surface area contributed by atoms with Crippen molar-refractivity contribution in [2.45, 2.75) is 172 Å². The number of fused-ring (bicyclic) bond motifs is 2. The lowest BCUT2D eigenvalue weighted by Gasteiger charge is -2.35. The molecule has 0 aromatic rings. The maximum absolute atomic E-state index is 13.9. The topological polar surface area (TPSA) is 146 Å². The van der Waals surface area contributed by atoms with Gasteiger partial charge in [0.15, 0.2) is 0 Å². The number of esters is 3. The monoisotopic (exact) mass is 772 g/mol. The van der Waals surface area contributed by atoms with Gasteiger partial charge in [-0.1, -0.05) is 82.1 Å². The van der Waals surface area contributed by atoms with Crippen LogP contribution in [0.1, 0.15) is 148 Å². The number of amides is 2. The molecular weight excluding hydrogens is 698 g/mol. The predicted octanol–water partition coefficient (Wildman–Crippen LogP) is 6.68. The molecule has 0 aromatic carbocycles. The van der Waals surface area contributed by atoms with Crippen molar-refractivity contribution in [2.24, 2.45) is 55.0 Å². The van der Waals surface area contributed by atoms with Crippen molar-refractivity contribution in [3.05, 3.63) is 0 Å². The van der Waals surface area contributed by atoms with Crippen molar-refractivity contribution in [3.63, 3.8) is 0 Å². The van der Waals surface area contributed by atoms with Crippen LogP contribution in [0.25, 0.3) is 0 Å². The second kappa shape index (κ2) is 13.4. The Morgan fingerprint density at radius 3 is 1.29 bits per heavy atom. The van der Waals surface area contributed by atoms with E-state index in [0.29, 0.717) is 24.9 Å². The van der Waals surface area contributed by atoms with E-state index in [4.69, 9.17) is 19.9 Å². The van der Waals surface area contributed by atoms with Gasteiger partial charge in [-0.15, -0.1) is 0 Å². The average molecular weight is 772 g/mol. The van der Waals surface area contributed by atoms with Crippen molar-refractivity contribution >= 4 is 29.7 Å². The Balaban J connectivity index is 0.000000218. The van der Waals surface area contributed by atoms with Crippen molar-refractivity contribution < 1.29 is 38.2 Å². The van der Waals surface area contributed by atoms with E-state index < -0.39 is 35.1 Å². The molecule has 2 saturated heterocycles. The maximum Gasteiger partial charge on any atom is 0.328 e. The van der Waals surface area contributed by atoms with E-state index in [1.807, 2.05) is 62.3 Å². The minimum absolute atomic E-state index is 0.00549. The SMILES string of the molecule is COC(=O)[C@@H]1C[C@@]2(CN1C(=O)[C@@H](CC(=O)OC(C)(C)C)C(C)(C)C)C(C)(C)C21CCC1.COC(=O)[C@@H]1C[C@@]2(CN1C(=O)[C@@H](N)C(C)(C)C)C(C)(C)C21CCC1. The summed E-state index contributed by atoms with van der Waals surface area (Å²) in [5, 5.41) is 0. The van der Waals surface area contributed by atoms with Gasteiger partial charge in [0.25, 0.3) is 0 Å². The second-order valence-corrected chi connectivity index (χ2v) is 22.3. The van der Waals surface area contributed by atoms with Crippen LogP contribution in [0.2, 0.25) is 0 Å². The predicted molar refractivity (Wildman–Crippen MR) is 210 cm³/mol. The summed E-state index contributed by atoms with van der Waals surface area (Å²) in [7, 11) is 2.78. The summed E-state index contributed by atoms with van der Waals surface area (Å²) in [5.74, 6) is -1.86. The third-order valence-electron chi connectivity index (χ3n) is 16.5. The molecular formula is C44H73N3O8. The first kappa shape index (κ1) is 43.4. The van der Waals surface area contributed by atoms with Crippen molar-refractivity contribution in [3.8, 4) is 0 Å². The van der Waals surface area contributed by atoms with Crippen LogP contribution in [0, 0.1) is 49.2 Å². The average Bonchev–Trinajstić information content (AvgIpc) is 3.37. The Bertz CT molecular complexity index is 1570. The lowest BCUT2D eigenvalue weighted by molar-refractivity contribution is -0.162. The van der Waals surface area contributed by atoms with Crippen LogP contribution in [0.5, 0.6) is 0 Å². The van der Waals surface area contributed by atoms with Gasteiger partial charge >= 0.3 is 17.9 Å². The van der Waals surface area contributed by atoms with Crippen molar-refractivity contribution in [1.82, 2.24) is 9.80 Å². The zero-order chi connectivity index (χ0) is 41.8. The summed E-state index contributed by atoms with van der Waals surface area (Å²) < 4.78 is 15.6. The highest BCUT2D eigenvalue weighted by Gasteiger charge is 2.86. The number of hydrogen-bond donors (Lipinski definition) is 1. The van der Waals surface area contributed by atoms with E-state index >= 15 is 0 Å². The number of nitrogens with two attached hydrogens (primary N) is 1. The lowest BCUT2D eigenvalue weighted by Crippen LogP contribution is -2.53. The first-order chi connectivity index (χ1) is 25.0. The molecule has 2 N–H and O–H groups in total. The molecule has 6 rings (SSSR count). The fourth-order valence-corrected chi connectivity index (χ4v) is 12.4. The van der Waals surface area contributed by atoms with Gasteiger partial charge in [-0.25, -0.2) is 9.59 Å². The molecule has 11 nitrogen and oxygen atoms in total. The van der Waals surface area contributed by atoms with Gasteiger partial charge in [-0.2, -0.15) is 0 Å². The first-order valence-corrected chi connectivity index (χ1v) is 20.7. The van der Waals surface area contributed by atoms with Gasteiger partial charge in [0.05, 0.1) is 32.6 Å². The second-order valence-electron chi connectivity index (χ2n) is 22.3. The number of methoxy groups -OCH3 is 2. The van der Waals surface area contributed by atoms with E-state index in [1.54, 1.807) is 9.80 Å². The van der Waals surface area contributed by atoms with Gasteiger partial charge in [0.2, 0.25) is 11.8 Å². The smallest absolute Gasteiger partial charge is 0.328 e. The highest BCUT2D eigenvalue weighted by atomic mass is 16.6. The third kappa shape index (κ3) is 6.34. The fourth-order valence-electron chi connectivity index (χ4n) is 12.4. The van der Waals surface area contributed by atoms with Gasteiger partial charge in [0, 0.05) is 23.9 Å². The molecule has 55 heavy (non-hydrogen) atoms. The Hall–Kier alpha value is -2.69. The molecule has 0 aromatic heterocycles. The Labute approximate surface area is 330 Å². The van der Waals surface area contributed by atoms with E-state index in [-0.39, 0.29) is 68.6 Å². The molecule has 312 valence electrons. The van der Waals surface area contributed by atoms with Gasteiger partial charge in [-0.3, -0.25) is 14.4 Å². The standard InChI is InChI=1S/C25H41NO5.C19H32N2O3/c1-21(2,3)16(13-18(27)31-22(4,5)6)19(28)26-15-25(14-17(26)20(29)30-9)23(7,8)24(25)11-10-12-24;1-16(2,3)13(20)14(22)21-11-19(10-12(21)15(23)24-6)17(4,5)18(19)8-7-9-18/h16-17H,10-15H2,1-9H3;12-13H,7-11,20H2,1-6H3/t16-,17+,25-;12-,13+,19+/m10/s1. The fraction of sp³-hybridized carbons (Fsp3) is 0.886. The first-order valence-electron chi connectivity index (χ1n) is 20.7. The summed E-state index contributed by atoms with van der Waals surface area (Å²) in [6.45, 7) is 27.6. The maximum atomic E-state index is 13.9. The van der Waals surface area contributed by atoms with E-state index in [0.717, 1.165) is 19.3 Å². The summed E-state index contributed by atoms with van der Waals surface area (Å²) in [4.78, 5) is 68.2. The molecule has 4 saturated carbocycles. The number of hydrogen-bond acceptors (Lipinski definition) is 9. The van der Waals surface area contributed by atoms with E-state index in [2.05, 4.69) is 27.7 Å². The molecule has 0 radical (unpaired) electrons. The molecule has 6 fully saturated rings. The zero-order valence-electron chi connectivity index (χ0n) is 36.8. The minimum atomic E-state index is -0.612. The van der Waals surface area contributed by atoms with Crippen molar-refractivity contribution in [1.29, 1.82) is 0 Å². The van der Waals surface area contributed by atoms with E-state index in [1.165, 1.54) is 39.9 Å². The number of likely N-dealkylation sites (tertiary alicyclic amines) is 2. The molecule has 2 heterocycles. The van der Waals surface area contributed by atoms with Crippen LogP contribution in [-0.4, -0.2) is 90.6 Å². The highest BCUT2D eigenvalue weighted by molar-refractivity contribution is 5.90. The van der Waals surface area contributed by atoms with Crippen LogP contribution < -0.4 is 5.73 Å². The van der Waals surface area contributed by atoms with Crippen LogP contribution in [0.15, 0.2) is 0 Å². The molecule has 6 atom stereocenters. The zero-order valence-corrected chi connectivity index (χ0v) is 36.8. The largest absolute Gasteiger partial charge is 0.467 e. The molecule has 2 amide bonds. The van der Waals surface area contributed by atoms with Crippen LogP contribution in [0.3, 0.4) is 0 Å². The van der Waals surface area contributed by atoms with Crippen LogP contribution in [0.4, 0.5) is 0 Å². The summed E-state index contributed by atoms with van der Waals surface area (Å²) in [5.41, 5.74) is 5.64. The number of nitrogens with zero attached hydrogens (tertiary/aromatic N) is 2. The number of rotatable bonds is 6. The summed E-state index contributed by atoms with van der Waals surface area (Å²) in [6, 6.07) is -1.69. The molecule has 0 bridgehead atoms. The number of carbonyl (C=O) groups is 5. The van der Waals surface area contributed by atoms with E-state index in [9.17, 15) is 24.0 Å². The molecule has 11 heteroatoms. The molecule has 4 aliphatic carbocycles. The van der Waals surface area contributed by atoms with Crippen molar-refractivity contribution in [2.75, 3.05) is 27.3 Å². The number of ether oxygens (including phenoxy) is 3. The Morgan fingerprint density at radius 2 is 1.02 bits per heavy atom. The van der Waals surface area contributed by atoms with Gasteiger partial charge in [-0.05, 0) is 91.8 Å². The van der Waals surface area contributed by atoms with Crippen LogP contribution in [-0.2, 0) is 38.2 Å². The van der Waals surface area contributed by atoms with Gasteiger partial charge in [0.1, 0.15) is 17.7 Å². The third-order valence-corrected chi connectivity index (χ3v) is 16.5. The minimum Gasteiger partial charge on any atom is -0.467 e. The quantitative estimate of drug-likeness (QED) is 0.231. The lowest BCUT2D eigenvalue weighted by atomic mass is 9.73. The number of carbonyl (C=O) groups excluding carboxylic acids is 5. The summed E-state index contributed by atoms with van der Waals surface area (Å²) in [6.07, 6.45) is 8.59. The Kier molecular flexibility index (Phi) is 10.6. The molecule has 4 spiro atoms. The normalized spacial score (nSPS) is 31.5. The summed E-state index contributed by atoms with van der Waals surface area (Å²) >= 11 is 0. The molecule has 6 aliphatic rings.